The van der Waals surface area contributed by atoms with Gasteiger partial charge in [-0.3, -0.25) is 0 Å². The van der Waals surface area contributed by atoms with Gasteiger partial charge in [0, 0.05) is 15.6 Å². The van der Waals surface area contributed by atoms with Gasteiger partial charge >= 0.3 is 5.97 Å². The van der Waals surface area contributed by atoms with Crippen LogP contribution in [0.5, 0.6) is 11.5 Å². The van der Waals surface area contributed by atoms with Crippen LogP contribution in [0.2, 0.25) is 10.0 Å². The molecule has 8 nitrogen and oxygen atoms in total. The Kier molecular flexibility index (Phi) is 7.03. The Hall–Kier alpha value is -4.01. The molecule has 0 saturated heterocycles. The maximum Gasteiger partial charge on any atom is 0.338 e. The molecule has 0 unspecified atom stereocenters. The van der Waals surface area contributed by atoms with E-state index in [0.29, 0.717) is 38.8 Å². The minimum Gasteiger partial charge on any atom is -0.493 e. The molecule has 37 heavy (non-hydrogen) atoms. The molecule has 10 heteroatoms. The number of aromatic nitrogens is 3. The fourth-order valence-corrected chi connectivity index (χ4v) is 4.50. The van der Waals surface area contributed by atoms with Gasteiger partial charge in [-0.1, -0.05) is 59.6 Å². The SMILES string of the molecule is COC(=O)C1=C(c2ccc(Cl)cc2)Nc2ncnn2[C@H]1c1ccc(OCc2ccccc2Cl)c(OC)c1. The average Bonchev–Trinajstić information content (AvgIpc) is 3.40. The molecule has 1 atom stereocenters. The van der Waals surface area contributed by atoms with E-state index in [2.05, 4.69) is 15.4 Å². The molecular formula is C27H22Cl2N4O4. The van der Waals surface area contributed by atoms with Gasteiger partial charge in [-0.05, 0) is 41.5 Å². The van der Waals surface area contributed by atoms with Crippen molar-refractivity contribution in [3.8, 4) is 11.5 Å². The molecule has 1 aromatic heterocycles. The number of halogens is 2. The maximum atomic E-state index is 13.2. The van der Waals surface area contributed by atoms with Crippen LogP contribution >= 0.6 is 23.2 Å². The summed E-state index contributed by atoms with van der Waals surface area (Å²) in [6.45, 7) is 0.268. The van der Waals surface area contributed by atoms with Crippen LogP contribution in [-0.2, 0) is 16.1 Å². The van der Waals surface area contributed by atoms with Gasteiger partial charge in [-0.15, -0.1) is 0 Å². The molecule has 2 heterocycles. The fourth-order valence-electron chi connectivity index (χ4n) is 4.19. The van der Waals surface area contributed by atoms with E-state index in [0.717, 1.165) is 16.7 Å². The Labute approximate surface area is 223 Å². The summed E-state index contributed by atoms with van der Waals surface area (Å²) in [6, 6.07) is 19.4. The summed E-state index contributed by atoms with van der Waals surface area (Å²) in [6.07, 6.45) is 1.42. The summed E-state index contributed by atoms with van der Waals surface area (Å²) in [5.74, 6) is 0.977. The summed E-state index contributed by atoms with van der Waals surface area (Å²) in [4.78, 5) is 17.5. The number of hydrogen-bond donors (Lipinski definition) is 1. The van der Waals surface area contributed by atoms with E-state index in [4.69, 9.17) is 37.4 Å². The third kappa shape index (κ3) is 4.85. The first-order chi connectivity index (χ1) is 18.0. The number of nitrogens with zero attached hydrogens (tertiary/aromatic N) is 3. The minimum atomic E-state index is -0.650. The Balaban J connectivity index is 1.58. The van der Waals surface area contributed by atoms with Crippen LogP contribution in [0.15, 0.2) is 78.6 Å². The van der Waals surface area contributed by atoms with Gasteiger partial charge in [0.05, 0.1) is 25.5 Å². The number of hydrogen-bond acceptors (Lipinski definition) is 7. The zero-order chi connectivity index (χ0) is 25.9. The van der Waals surface area contributed by atoms with Gasteiger partial charge in [-0.2, -0.15) is 10.1 Å². The second-order valence-electron chi connectivity index (χ2n) is 8.13. The Morgan fingerprint density at radius 1 is 1.03 bits per heavy atom. The summed E-state index contributed by atoms with van der Waals surface area (Å²) < 4.78 is 18.5. The van der Waals surface area contributed by atoms with Crippen molar-refractivity contribution in [3.63, 3.8) is 0 Å². The summed E-state index contributed by atoms with van der Waals surface area (Å²) in [5.41, 5.74) is 3.23. The van der Waals surface area contributed by atoms with Crippen molar-refractivity contribution in [1.82, 2.24) is 14.8 Å². The molecule has 4 aromatic rings. The second kappa shape index (κ2) is 10.5. The van der Waals surface area contributed by atoms with Crippen molar-refractivity contribution < 1.29 is 19.0 Å². The Morgan fingerprint density at radius 3 is 2.54 bits per heavy atom. The third-order valence-electron chi connectivity index (χ3n) is 5.98. The van der Waals surface area contributed by atoms with Gasteiger partial charge in [-0.25, -0.2) is 9.48 Å². The van der Waals surface area contributed by atoms with Crippen molar-refractivity contribution in [2.45, 2.75) is 12.6 Å². The van der Waals surface area contributed by atoms with Crippen molar-refractivity contribution in [3.05, 3.63) is 105 Å². The van der Waals surface area contributed by atoms with E-state index in [1.807, 2.05) is 48.5 Å². The monoisotopic (exact) mass is 536 g/mol. The molecule has 0 spiro atoms. The molecule has 188 valence electrons. The van der Waals surface area contributed by atoms with E-state index in [1.54, 1.807) is 30.0 Å². The second-order valence-corrected chi connectivity index (χ2v) is 8.98. The van der Waals surface area contributed by atoms with Crippen LogP contribution in [0.3, 0.4) is 0 Å². The maximum absolute atomic E-state index is 13.2. The minimum absolute atomic E-state index is 0.268. The number of carbonyl (C=O) groups excluding carboxylic acids is 1. The summed E-state index contributed by atoms with van der Waals surface area (Å²) in [5, 5.41) is 8.80. The highest BCUT2D eigenvalue weighted by Crippen LogP contribution is 2.41. The van der Waals surface area contributed by atoms with Crippen LogP contribution in [0.4, 0.5) is 5.95 Å². The lowest BCUT2D eigenvalue weighted by Crippen LogP contribution is -2.29. The first-order valence-electron chi connectivity index (χ1n) is 11.3. The lowest BCUT2D eigenvalue weighted by Gasteiger charge is -2.29. The number of esters is 1. The van der Waals surface area contributed by atoms with E-state index in [1.165, 1.54) is 13.4 Å². The molecule has 5 rings (SSSR count). The van der Waals surface area contributed by atoms with Gasteiger partial charge in [0.1, 0.15) is 19.0 Å². The predicted octanol–water partition coefficient (Wildman–Crippen LogP) is 5.77. The molecule has 0 fully saturated rings. The molecule has 0 saturated carbocycles. The smallest absolute Gasteiger partial charge is 0.338 e. The van der Waals surface area contributed by atoms with Gasteiger partial charge in [0.15, 0.2) is 11.5 Å². The summed E-state index contributed by atoms with van der Waals surface area (Å²) in [7, 11) is 2.90. The standard InChI is InChI=1S/C27H22Cl2N4O4/c1-35-22-13-17(9-12-21(22)37-14-18-5-3-4-6-20(18)29)25-23(26(34)36-2)24(16-7-10-19(28)11-8-16)32-27-30-15-31-33(25)27/h3-13,15,25H,14H2,1-2H3,(H,30,31,32)/t25-/m0/s1. The molecule has 3 aromatic carbocycles. The Bertz CT molecular complexity index is 1480. The highest BCUT2D eigenvalue weighted by atomic mass is 35.5. The highest BCUT2D eigenvalue weighted by molar-refractivity contribution is 6.31. The van der Waals surface area contributed by atoms with Crippen molar-refractivity contribution in [2.75, 3.05) is 19.5 Å². The fraction of sp³-hybridized carbons (Fsp3) is 0.148. The number of methoxy groups -OCH3 is 2. The van der Waals surface area contributed by atoms with E-state index < -0.39 is 12.0 Å². The molecule has 0 aliphatic carbocycles. The van der Waals surface area contributed by atoms with Crippen molar-refractivity contribution in [1.29, 1.82) is 0 Å². The lowest BCUT2D eigenvalue weighted by molar-refractivity contribution is -0.136. The van der Waals surface area contributed by atoms with E-state index in [9.17, 15) is 4.79 Å². The zero-order valence-corrected chi connectivity index (χ0v) is 21.5. The van der Waals surface area contributed by atoms with Crippen molar-refractivity contribution >= 4 is 40.8 Å². The van der Waals surface area contributed by atoms with Crippen LogP contribution in [0.25, 0.3) is 5.70 Å². The van der Waals surface area contributed by atoms with Crippen LogP contribution in [0, 0.1) is 0 Å². The van der Waals surface area contributed by atoms with Crippen LogP contribution in [0.1, 0.15) is 22.7 Å². The first-order valence-corrected chi connectivity index (χ1v) is 12.0. The first kappa shape index (κ1) is 24.7. The van der Waals surface area contributed by atoms with Gasteiger partial charge < -0.3 is 19.5 Å². The molecule has 0 bridgehead atoms. The number of anilines is 1. The molecule has 1 aliphatic heterocycles. The van der Waals surface area contributed by atoms with E-state index in [-0.39, 0.29) is 6.61 Å². The third-order valence-corrected chi connectivity index (χ3v) is 6.60. The molecule has 0 amide bonds. The largest absolute Gasteiger partial charge is 0.493 e. The quantitative estimate of drug-likeness (QED) is 0.300. The molecule has 1 N–H and O–H groups in total. The number of ether oxygens (including phenoxy) is 3. The molecular weight excluding hydrogens is 515 g/mol. The van der Waals surface area contributed by atoms with Crippen molar-refractivity contribution in [2.24, 2.45) is 0 Å². The average molecular weight is 537 g/mol. The molecule has 1 aliphatic rings. The zero-order valence-electron chi connectivity index (χ0n) is 19.9. The number of nitrogens with one attached hydrogen (secondary N) is 1. The number of rotatable bonds is 7. The highest BCUT2D eigenvalue weighted by Gasteiger charge is 2.36. The van der Waals surface area contributed by atoms with Crippen LogP contribution < -0.4 is 14.8 Å². The lowest BCUT2D eigenvalue weighted by atomic mass is 9.92. The van der Waals surface area contributed by atoms with E-state index >= 15 is 0 Å². The number of carbonyl (C=O) groups is 1. The topological polar surface area (TPSA) is 87.5 Å². The van der Waals surface area contributed by atoms with Gasteiger partial charge in [0.2, 0.25) is 5.95 Å². The number of benzene rings is 3. The Morgan fingerprint density at radius 2 is 1.81 bits per heavy atom. The van der Waals surface area contributed by atoms with Gasteiger partial charge in [0.25, 0.3) is 0 Å². The van der Waals surface area contributed by atoms with Crippen LogP contribution in [-0.4, -0.2) is 35.0 Å². The summed E-state index contributed by atoms with van der Waals surface area (Å²) >= 11 is 12.4. The predicted molar refractivity (Wildman–Crippen MR) is 141 cm³/mol. The molecule has 0 radical (unpaired) electrons. The number of fused-ring (bicyclic) bond motifs is 1. The normalized spacial score (nSPS) is 14.5.